The average molecular weight is 377 g/mol. The lowest BCUT2D eigenvalue weighted by atomic mass is 10.1. The number of amides is 1. The number of nitrogens with zero attached hydrogens (tertiary/aromatic N) is 2. The van der Waals surface area contributed by atoms with Crippen molar-refractivity contribution in [3.8, 4) is 17.0 Å². The molecule has 0 saturated carbocycles. The molecule has 3 aromatic rings. The summed E-state index contributed by atoms with van der Waals surface area (Å²) < 4.78 is 6.64. The number of methoxy groups -OCH3 is 1. The zero-order chi connectivity index (χ0) is 19.8. The summed E-state index contributed by atoms with van der Waals surface area (Å²) in [6.45, 7) is 0.887. The molecule has 6 nitrogen and oxygen atoms in total. The van der Waals surface area contributed by atoms with Crippen molar-refractivity contribution in [3.05, 3.63) is 82.6 Å². The highest BCUT2D eigenvalue weighted by atomic mass is 16.5. The van der Waals surface area contributed by atoms with Gasteiger partial charge in [-0.05, 0) is 30.2 Å². The molecule has 0 spiro atoms. The van der Waals surface area contributed by atoms with Crippen LogP contribution in [0.25, 0.3) is 11.3 Å². The standard InChI is InChI=1S/C22H23N3O3/c1-28-19-10-5-9-18(15-19)20-12-13-22(27)25(24-20)14-6-11-21(26)23-16-17-7-3-2-4-8-17/h2-5,7-10,12-13,15H,6,11,14,16H2,1H3,(H,23,26). The van der Waals surface area contributed by atoms with Crippen LogP contribution in [0, 0.1) is 0 Å². The Morgan fingerprint density at radius 1 is 1.07 bits per heavy atom. The lowest BCUT2D eigenvalue weighted by molar-refractivity contribution is -0.121. The summed E-state index contributed by atoms with van der Waals surface area (Å²) in [5, 5.41) is 7.31. The quantitative estimate of drug-likeness (QED) is 0.655. The van der Waals surface area contributed by atoms with Crippen molar-refractivity contribution in [2.75, 3.05) is 7.11 Å². The van der Waals surface area contributed by atoms with Crippen LogP contribution in [0.2, 0.25) is 0 Å². The minimum Gasteiger partial charge on any atom is -0.497 e. The van der Waals surface area contributed by atoms with Crippen LogP contribution in [0.3, 0.4) is 0 Å². The zero-order valence-corrected chi connectivity index (χ0v) is 15.8. The van der Waals surface area contributed by atoms with Crippen molar-refractivity contribution in [2.24, 2.45) is 0 Å². The maximum atomic E-state index is 12.1. The van der Waals surface area contributed by atoms with Crippen LogP contribution in [-0.4, -0.2) is 22.8 Å². The van der Waals surface area contributed by atoms with Gasteiger partial charge in [0.1, 0.15) is 5.75 Å². The summed E-state index contributed by atoms with van der Waals surface area (Å²) in [7, 11) is 1.61. The summed E-state index contributed by atoms with van der Waals surface area (Å²) in [6, 6.07) is 20.5. The smallest absolute Gasteiger partial charge is 0.266 e. The molecular formula is C22H23N3O3. The Morgan fingerprint density at radius 2 is 1.89 bits per heavy atom. The summed E-state index contributed by atoms with van der Waals surface area (Å²) in [5.74, 6) is 0.688. The molecule has 0 unspecified atom stereocenters. The average Bonchev–Trinajstić information content (AvgIpc) is 2.74. The van der Waals surface area contributed by atoms with Crippen LogP contribution in [0.4, 0.5) is 0 Å². The third-order valence-electron chi connectivity index (χ3n) is 4.34. The largest absolute Gasteiger partial charge is 0.497 e. The molecule has 1 aromatic heterocycles. The van der Waals surface area contributed by atoms with E-state index in [4.69, 9.17) is 4.74 Å². The number of hydrogen-bond donors (Lipinski definition) is 1. The summed E-state index contributed by atoms with van der Waals surface area (Å²) in [5.41, 5.74) is 2.43. The number of ether oxygens (including phenoxy) is 1. The molecule has 3 rings (SSSR count). The van der Waals surface area contributed by atoms with E-state index >= 15 is 0 Å². The molecule has 0 radical (unpaired) electrons. The van der Waals surface area contributed by atoms with E-state index in [0.29, 0.717) is 31.6 Å². The number of aryl methyl sites for hydroxylation is 1. The first-order valence-corrected chi connectivity index (χ1v) is 9.19. The highest BCUT2D eigenvalue weighted by molar-refractivity contribution is 5.75. The van der Waals surface area contributed by atoms with Gasteiger partial charge in [-0.2, -0.15) is 5.10 Å². The molecule has 144 valence electrons. The molecule has 1 amide bonds. The summed E-state index contributed by atoms with van der Waals surface area (Å²) in [6.07, 6.45) is 0.874. The van der Waals surface area contributed by atoms with Crippen LogP contribution < -0.4 is 15.6 Å². The maximum absolute atomic E-state index is 12.1. The second-order valence-electron chi connectivity index (χ2n) is 6.38. The molecule has 2 aromatic carbocycles. The van der Waals surface area contributed by atoms with Gasteiger partial charge in [0, 0.05) is 31.1 Å². The molecule has 0 aliphatic rings. The lowest BCUT2D eigenvalue weighted by Gasteiger charge is -2.09. The minimum absolute atomic E-state index is 0.0409. The number of benzene rings is 2. The van der Waals surface area contributed by atoms with Gasteiger partial charge in [0.2, 0.25) is 5.91 Å². The first-order chi connectivity index (χ1) is 13.7. The van der Waals surface area contributed by atoms with Crippen molar-refractivity contribution < 1.29 is 9.53 Å². The maximum Gasteiger partial charge on any atom is 0.266 e. The molecule has 0 saturated heterocycles. The third-order valence-corrected chi connectivity index (χ3v) is 4.34. The van der Waals surface area contributed by atoms with Gasteiger partial charge in [0.05, 0.1) is 12.8 Å². The van der Waals surface area contributed by atoms with E-state index in [1.54, 1.807) is 13.2 Å². The van der Waals surface area contributed by atoms with E-state index in [9.17, 15) is 9.59 Å². The predicted molar refractivity (Wildman–Crippen MR) is 108 cm³/mol. The van der Waals surface area contributed by atoms with Gasteiger partial charge in [-0.1, -0.05) is 42.5 Å². The molecule has 0 fully saturated rings. The van der Waals surface area contributed by atoms with Gasteiger partial charge in [0.15, 0.2) is 0 Å². The second-order valence-corrected chi connectivity index (χ2v) is 6.38. The highest BCUT2D eigenvalue weighted by Crippen LogP contribution is 2.21. The van der Waals surface area contributed by atoms with Crippen LogP contribution >= 0.6 is 0 Å². The van der Waals surface area contributed by atoms with Gasteiger partial charge in [-0.25, -0.2) is 4.68 Å². The number of carbonyl (C=O) groups excluding carboxylic acids is 1. The summed E-state index contributed by atoms with van der Waals surface area (Å²) in [4.78, 5) is 24.1. The van der Waals surface area contributed by atoms with E-state index in [0.717, 1.165) is 16.9 Å². The van der Waals surface area contributed by atoms with Gasteiger partial charge >= 0.3 is 0 Å². The molecule has 1 N–H and O–H groups in total. The van der Waals surface area contributed by atoms with E-state index in [-0.39, 0.29) is 11.5 Å². The topological polar surface area (TPSA) is 73.2 Å². The van der Waals surface area contributed by atoms with Crippen LogP contribution in [0.1, 0.15) is 18.4 Å². The van der Waals surface area contributed by atoms with Gasteiger partial charge in [0.25, 0.3) is 5.56 Å². The molecule has 0 aliphatic carbocycles. The minimum atomic E-state index is -0.184. The monoisotopic (exact) mass is 377 g/mol. The second kappa shape index (κ2) is 9.50. The van der Waals surface area contributed by atoms with Crippen molar-refractivity contribution in [1.29, 1.82) is 0 Å². The predicted octanol–water partition coefficient (Wildman–Crippen LogP) is 3.02. The van der Waals surface area contributed by atoms with Crippen molar-refractivity contribution >= 4 is 5.91 Å². The molecule has 0 atom stereocenters. The molecule has 28 heavy (non-hydrogen) atoms. The first-order valence-electron chi connectivity index (χ1n) is 9.19. The first kappa shape index (κ1) is 19.4. The number of carbonyl (C=O) groups is 1. The normalized spacial score (nSPS) is 10.5. The van der Waals surface area contributed by atoms with E-state index in [1.807, 2.05) is 54.6 Å². The Morgan fingerprint density at radius 3 is 2.68 bits per heavy atom. The van der Waals surface area contributed by atoms with Gasteiger partial charge in [-0.3, -0.25) is 9.59 Å². The third kappa shape index (κ3) is 5.30. The van der Waals surface area contributed by atoms with E-state index in [1.165, 1.54) is 10.7 Å². The fourth-order valence-corrected chi connectivity index (χ4v) is 2.82. The molecule has 0 aliphatic heterocycles. The van der Waals surface area contributed by atoms with Crippen LogP contribution in [0.15, 0.2) is 71.5 Å². The Balaban J connectivity index is 1.56. The van der Waals surface area contributed by atoms with Gasteiger partial charge < -0.3 is 10.1 Å². The Bertz CT molecular complexity index is 984. The lowest BCUT2D eigenvalue weighted by Crippen LogP contribution is -2.25. The fourth-order valence-electron chi connectivity index (χ4n) is 2.82. The van der Waals surface area contributed by atoms with Crippen LogP contribution in [0.5, 0.6) is 5.75 Å². The summed E-state index contributed by atoms with van der Waals surface area (Å²) >= 11 is 0. The fraction of sp³-hybridized carbons (Fsp3) is 0.227. The SMILES string of the molecule is COc1cccc(-c2ccc(=O)n(CCCC(=O)NCc3ccccc3)n2)c1. The van der Waals surface area contributed by atoms with E-state index in [2.05, 4.69) is 10.4 Å². The van der Waals surface area contributed by atoms with Crippen molar-refractivity contribution in [2.45, 2.75) is 25.9 Å². The van der Waals surface area contributed by atoms with Crippen LogP contribution in [-0.2, 0) is 17.9 Å². The Labute approximate surface area is 163 Å². The Kier molecular flexibility index (Phi) is 6.57. The van der Waals surface area contributed by atoms with E-state index < -0.39 is 0 Å². The number of nitrogens with one attached hydrogen (secondary N) is 1. The number of rotatable bonds is 8. The molecular weight excluding hydrogens is 354 g/mol. The molecule has 0 bridgehead atoms. The van der Waals surface area contributed by atoms with Crippen molar-refractivity contribution in [1.82, 2.24) is 15.1 Å². The van der Waals surface area contributed by atoms with Crippen molar-refractivity contribution in [3.63, 3.8) is 0 Å². The molecule has 6 heteroatoms. The number of aromatic nitrogens is 2. The zero-order valence-electron chi connectivity index (χ0n) is 15.8. The van der Waals surface area contributed by atoms with Gasteiger partial charge in [-0.15, -0.1) is 0 Å². The Hall–Kier alpha value is -3.41. The molecule has 1 heterocycles. The number of hydrogen-bond acceptors (Lipinski definition) is 4. The highest BCUT2D eigenvalue weighted by Gasteiger charge is 2.06.